The number of benzene rings is 2. The van der Waals surface area contributed by atoms with Crippen molar-refractivity contribution in [2.45, 2.75) is 0 Å². The first-order valence-corrected chi connectivity index (χ1v) is 4.74. The Balaban J connectivity index is 0.000000396. The van der Waals surface area contributed by atoms with Crippen LogP contribution in [0.4, 0.5) is 0 Å². The van der Waals surface area contributed by atoms with Gasteiger partial charge in [-0.15, -0.1) is 0 Å². The van der Waals surface area contributed by atoms with Gasteiger partial charge in [-0.3, -0.25) is 0 Å². The molecule has 2 rings (SSSR count). The van der Waals surface area contributed by atoms with Gasteiger partial charge in [0.25, 0.3) is 0 Å². The summed E-state index contributed by atoms with van der Waals surface area (Å²) in [7, 11) is 1.00. The Labute approximate surface area is 86.1 Å². The molecule has 0 spiro atoms. The summed E-state index contributed by atoms with van der Waals surface area (Å²) < 4.78 is 1.14. The first-order valence-electron chi connectivity index (χ1n) is 3.95. The van der Waals surface area contributed by atoms with Crippen molar-refractivity contribution in [1.82, 2.24) is 0 Å². The molecule has 0 atom stereocenters. The van der Waals surface area contributed by atoms with E-state index in [4.69, 9.17) is 5.11 Å². The fraction of sp³-hybridized carbons (Fsp3) is 0.0909. The third-order valence-electron chi connectivity index (χ3n) is 1.71. The Morgan fingerprint density at radius 3 is 2.23 bits per heavy atom. The third-order valence-corrected chi connectivity index (χ3v) is 2.20. The van der Waals surface area contributed by atoms with Crippen LogP contribution in [0.2, 0.25) is 0 Å². The van der Waals surface area contributed by atoms with Crippen LogP contribution in [0.15, 0.2) is 46.9 Å². The Kier molecular flexibility index (Phi) is 3.93. The Morgan fingerprint density at radius 2 is 1.54 bits per heavy atom. The predicted octanol–water partition coefficient (Wildman–Crippen LogP) is 3.21. The van der Waals surface area contributed by atoms with Gasteiger partial charge in [0.15, 0.2) is 0 Å². The number of hydrogen-bond donors (Lipinski definition) is 1. The van der Waals surface area contributed by atoms with E-state index in [1.165, 1.54) is 10.8 Å². The van der Waals surface area contributed by atoms with E-state index < -0.39 is 0 Å². The zero-order valence-electron chi connectivity index (χ0n) is 7.37. The normalized spacial score (nSPS) is 9.15. The lowest BCUT2D eigenvalue weighted by atomic mass is 10.1. The van der Waals surface area contributed by atoms with Crippen molar-refractivity contribution in [1.29, 1.82) is 0 Å². The van der Waals surface area contributed by atoms with Crippen LogP contribution < -0.4 is 0 Å². The largest absolute Gasteiger partial charge is 0.400 e. The second kappa shape index (κ2) is 5.00. The van der Waals surface area contributed by atoms with Crippen molar-refractivity contribution < 1.29 is 5.11 Å². The number of aliphatic hydroxyl groups is 1. The summed E-state index contributed by atoms with van der Waals surface area (Å²) in [5.74, 6) is 0. The number of hydrogen-bond acceptors (Lipinski definition) is 1. The van der Waals surface area contributed by atoms with Gasteiger partial charge in [0.05, 0.1) is 0 Å². The van der Waals surface area contributed by atoms with Crippen molar-refractivity contribution in [2.75, 3.05) is 7.11 Å². The molecular formula is C11H11BrO. The van der Waals surface area contributed by atoms with Gasteiger partial charge >= 0.3 is 0 Å². The maximum atomic E-state index is 7.00. The molecule has 1 N–H and O–H groups in total. The van der Waals surface area contributed by atoms with Gasteiger partial charge in [0.2, 0.25) is 0 Å². The van der Waals surface area contributed by atoms with Gasteiger partial charge < -0.3 is 5.11 Å². The molecule has 0 amide bonds. The van der Waals surface area contributed by atoms with Crippen LogP contribution in [-0.2, 0) is 0 Å². The molecule has 0 aliphatic rings. The predicted molar refractivity (Wildman–Crippen MR) is 59.8 cm³/mol. The summed E-state index contributed by atoms with van der Waals surface area (Å²) >= 11 is 3.43. The number of fused-ring (bicyclic) bond motifs is 1. The van der Waals surface area contributed by atoms with E-state index in [9.17, 15) is 0 Å². The van der Waals surface area contributed by atoms with Crippen LogP contribution in [-0.4, -0.2) is 12.2 Å². The molecule has 2 heteroatoms. The van der Waals surface area contributed by atoms with Crippen molar-refractivity contribution in [3.05, 3.63) is 46.9 Å². The lowest BCUT2D eigenvalue weighted by Gasteiger charge is -1.95. The van der Waals surface area contributed by atoms with Crippen molar-refractivity contribution in [2.24, 2.45) is 0 Å². The first-order chi connectivity index (χ1) is 6.36. The van der Waals surface area contributed by atoms with E-state index in [0.717, 1.165) is 11.6 Å². The molecule has 1 nitrogen and oxygen atoms in total. The van der Waals surface area contributed by atoms with Crippen LogP contribution >= 0.6 is 15.9 Å². The highest BCUT2D eigenvalue weighted by Crippen LogP contribution is 2.18. The molecule has 0 aliphatic heterocycles. The van der Waals surface area contributed by atoms with Gasteiger partial charge in [0.1, 0.15) is 0 Å². The zero-order chi connectivity index (χ0) is 9.68. The number of rotatable bonds is 0. The van der Waals surface area contributed by atoms with Crippen LogP contribution in [0.5, 0.6) is 0 Å². The van der Waals surface area contributed by atoms with E-state index >= 15 is 0 Å². The molecule has 0 radical (unpaired) electrons. The van der Waals surface area contributed by atoms with Gasteiger partial charge in [-0.2, -0.15) is 0 Å². The highest BCUT2D eigenvalue weighted by Gasteiger charge is 1.90. The molecular weight excluding hydrogens is 228 g/mol. The molecule has 0 saturated heterocycles. The summed E-state index contributed by atoms with van der Waals surface area (Å²) in [6.45, 7) is 0. The Bertz CT molecular complexity index is 385. The summed E-state index contributed by atoms with van der Waals surface area (Å²) in [4.78, 5) is 0. The molecule has 0 bridgehead atoms. The fourth-order valence-electron chi connectivity index (χ4n) is 1.16. The molecule has 2 aromatic rings. The average molecular weight is 239 g/mol. The van der Waals surface area contributed by atoms with Crippen LogP contribution in [0.3, 0.4) is 0 Å². The molecule has 13 heavy (non-hydrogen) atoms. The lowest BCUT2D eigenvalue weighted by molar-refractivity contribution is 0.399. The fourth-order valence-corrected chi connectivity index (χ4v) is 1.54. The van der Waals surface area contributed by atoms with Crippen LogP contribution in [0.25, 0.3) is 10.8 Å². The molecule has 0 heterocycles. The second-order valence-corrected chi connectivity index (χ2v) is 3.41. The Morgan fingerprint density at radius 1 is 0.923 bits per heavy atom. The maximum absolute atomic E-state index is 7.00. The minimum Gasteiger partial charge on any atom is -0.400 e. The molecule has 0 unspecified atom stereocenters. The van der Waals surface area contributed by atoms with Crippen molar-refractivity contribution in [3.63, 3.8) is 0 Å². The topological polar surface area (TPSA) is 20.2 Å². The van der Waals surface area contributed by atoms with Crippen molar-refractivity contribution >= 4 is 26.7 Å². The molecule has 0 saturated carbocycles. The van der Waals surface area contributed by atoms with Gasteiger partial charge in [0, 0.05) is 11.6 Å². The van der Waals surface area contributed by atoms with E-state index in [2.05, 4.69) is 58.4 Å². The maximum Gasteiger partial charge on any atom is 0.0319 e. The highest BCUT2D eigenvalue weighted by atomic mass is 79.9. The minimum absolute atomic E-state index is 1.00. The van der Waals surface area contributed by atoms with Crippen LogP contribution in [0, 0.1) is 0 Å². The smallest absolute Gasteiger partial charge is 0.0319 e. The lowest BCUT2D eigenvalue weighted by Crippen LogP contribution is -1.69. The highest BCUT2D eigenvalue weighted by molar-refractivity contribution is 9.10. The van der Waals surface area contributed by atoms with E-state index in [0.29, 0.717) is 0 Å². The number of halogens is 1. The molecule has 0 aromatic heterocycles. The zero-order valence-corrected chi connectivity index (χ0v) is 8.95. The second-order valence-electron chi connectivity index (χ2n) is 2.49. The minimum atomic E-state index is 1.00. The molecule has 2 aromatic carbocycles. The van der Waals surface area contributed by atoms with E-state index in [-0.39, 0.29) is 0 Å². The van der Waals surface area contributed by atoms with E-state index in [1.54, 1.807) is 0 Å². The van der Waals surface area contributed by atoms with Crippen molar-refractivity contribution in [3.8, 4) is 0 Å². The van der Waals surface area contributed by atoms with Crippen LogP contribution in [0.1, 0.15) is 0 Å². The first kappa shape index (κ1) is 10.2. The molecule has 0 fully saturated rings. The molecule has 0 aliphatic carbocycles. The summed E-state index contributed by atoms with van der Waals surface area (Å²) in [5, 5.41) is 9.57. The third kappa shape index (κ3) is 2.54. The van der Waals surface area contributed by atoms with Gasteiger partial charge in [-0.1, -0.05) is 46.3 Å². The SMILES string of the molecule is Brc1ccc2ccccc2c1.CO. The average Bonchev–Trinajstić information content (AvgIpc) is 2.21. The standard InChI is InChI=1S/C10H7Br.CH4O/c11-10-6-5-8-3-1-2-4-9(8)7-10;1-2/h1-7H;2H,1H3. The summed E-state index contributed by atoms with van der Waals surface area (Å²) in [5.41, 5.74) is 0. The van der Waals surface area contributed by atoms with E-state index in [1.807, 2.05) is 0 Å². The quantitative estimate of drug-likeness (QED) is 0.748. The summed E-state index contributed by atoms with van der Waals surface area (Å²) in [6, 6.07) is 14.6. The summed E-state index contributed by atoms with van der Waals surface area (Å²) in [6.07, 6.45) is 0. The van der Waals surface area contributed by atoms with Gasteiger partial charge in [-0.25, -0.2) is 0 Å². The number of aliphatic hydroxyl groups excluding tert-OH is 1. The Hall–Kier alpha value is -0.860. The monoisotopic (exact) mass is 238 g/mol. The molecule has 68 valence electrons. The van der Waals surface area contributed by atoms with Gasteiger partial charge in [-0.05, 0) is 22.9 Å².